The van der Waals surface area contributed by atoms with Crippen molar-refractivity contribution in [1.29, 1.82) is 0 Å². The van der Waals surface area contributed by atoms with Crippen LogP contribution in [0.2, 0.25) is 0 Å². The molecule has 1 rings (SSSR count). The topological polar surface area (TPSA) is 96.2 Å². The fourth-order valence-corrected chi connectivity index (χ4v) is 0.771. The zero-order valence-electron chi connectivity index (χ0n) is 6.87. The highest BCUT2D eigenvalue weighted by molar-refractivity contribution is 5.48. The second-order valence-corrected chi connectivity index (χ2v) is 2.26. The molecule has 1 heterocycles. The van der Waals surface area contributed by atoms with Gasteiger partial charge in [-0.15, -0.1) is 0 Å². The van der Waals surface area contributed by atoms with Gasteiger partial charge in [0.1, 0.15) is 0 Å². The van der Waals surface area contributed by atoms with Crippen molar-refractivity contribution in [2.24, 2.45) is 7.05 Å². The number of hydrogen-bond donors (Lipinski definition) is 2. The summed E-state index contributed by atoms with van der Waals surface area (Å²) >= 11 is 0. The summed E-state index contributed by atoms with van der Waals surface area (Å²) < 4.78 is 5.88. The van der Waals surface area contributed by atoms with Crippen molar-refractivity contribution in [3.8, 4) is 5.88 Å². The minimum absolute atomic E-state index is 0.0331. The Bertz CT molecular complexity index is 357. The van der Waals surface area contributed by atoms with Crippen LogP contribution in [0.15, 0.2) is 4.79 Å². The molecule has 0 aliphatic rings. The molecule has 6 heteroatoms. The van der Waals surface area contributed by atoms with Gasteiger partial charge >= 0.3 is 0 Å². The van der Waals surface area contributed by atoms with E-state index in [1.807, 2.05) is 0 Å². The third kappa shape index (κ3) is 1.07. The lowest BCUT2D eigenvalue weighted by Gasteiger charge is -2.06. The second kappa shape index (κ2) is 2.72. The monoisotopic (exact) mass is 170 g/mol. The third-order valence-electron chi connectivity index (χ3n) is 1.52. The summed E-state index contributed by atoms with van der Waals surface area (Å²) in [6, 6.07) is 0. The number of nitrogens with two attached hydrogens (primary N) is 2. The predicted molar refractivity (Wildman–Crippen MR) is 44.9 cm³/mol. The van der Waals surface area contributed by atoms with Gasteiger partial charge in [0.15, 0.2) is 5.69 Å². The Morgan fingerprint density at radius 3 is 2.58 bits per heavy atom. The summed E-state index contributed by atoms with van der Waals surface area (Å²) in [7, 11) is 2.86. The summed E-state index contributed by atoms with van der Waals surface area (Å²) in [5, 5.41) is 0. The minimum Gasteiger partial charge on any atom is -0.479 e. The maximum absolute atomic E-state index is 11.2. The normalized spacial score (nSPS) is 9.83. The van der Waals surface area contributed by atoms with Crippen LogP contribution in [0.4, 0.5) is 11.6 Å². The van der Waals surface area contributed by atoms with Crippen LogP contribution in [0.25, 0.3) is 0 Å². The van der Waals surface area contributed by atoms with Gasteiger partial charge in [0.2, 0.25) is 11.8 Å². The van der Waals surface area contributed by atoms with E-state index in [0.717, 1.165) is 4.57 Å². The van der Waals surface area contributed by atoms with Crippen molar-refractivity contribution in [2.45, 2.75) is 0 Å². The van der Waals surface area contributed by atoms with Crippen molar-refractivity contribution in [3.05, 3.63) is 10.4 Å². The van der Waals surface area contributed by atoms with E-state index in [9.17, 15) is 4.79 Å². The molecule has 12 heavy (non-hydrogen) atoms. The summed E-state index contributed by atoms with van der Waals surface area (Å²) in [4.78, 5) is 15.0. The van der Waals surface area contributed by atoms with Crippen LogP contribution in [-0.2, 0) is 7.05 Å². The lowest BCUT2D eigenvalue weighted by atomic mass is 10.5. The number of rotatable bonds is 1. The van der Waals surface area contributed by atoms with Crippen molar-refractivity contribution >= 4 is 11.6 Å². The molecular formula is C6H10N4O2. The van der Waals surface area contributed by atoms with Gasteiger partial charge in [-0.1, -0.05) is 0 Å². The smallest absolute Gasteiger partial charge is 0.281 e. The Balaban J connectivity index is 3.50. The molecule has 0 atom stereocenters. The molecule has 0 fully saturated rings. The molecule has 0 aliphatic heterocycles. The number of nitrogens with zero attached hydrogens (tertiary/aromatic N) is 2. The van der Waals surface area contributed by atoms with Crippen LogP contribution in [0, 0.1) is 0 Å². The van der Waals surface area contributed by atoms with E-state index in [1.54, 1.807) is 0 Å². The lowest BCUT2D eigenvalue weighted by Crippen LogP contribution is -2.24. The van der Waals surface area contributed by atoms with Crippen LogP contribution in [-0.4, -0.2) is 16.7 Å². The quantitative estimate of drug-likeness (QED) is 0.560. The molecule has 66 valence electrons. The molecule has 0 aromatic carbocycles. The van der Waals surface area contributed by atoms with E-state index in [4.69, 9.17) is 16.2 Å². The van der Waals surface area contributed by atoms with E-state index in [-0.39, 0.29) is 17.5 Å². The largest absolute Gasteiger partial charge is 0.479 e. The molecule has 6 nitrogen and oxygen atoms in total. The predicted octanol–water partition coefficient (Wildman–Crippen LogP) is -1.05. The number of hydrogen-bond acceptors (Lipinski definition) is 5. The molecule has 1 aromatic rings. The SMILES string of the molecule is COc1nc(N)n(C)c(=O)c1N. The van der Waals surface area contributed by atoms with E-state index in [1.165, 1.54) is 14.2 Å². The fourth-order valence-electron chi connectivity index (χ4n) is 0.771. The third-order valence-corrected chi connectivity index (χ3v) is 1.52. The van der Waals surface area contributed by atoms with Crippen molar-refractivity contribution in [3.63, 3.8) is 0 Å². The van der Waals surface area contributed by atoms with Crippen molar-refractivity contribution < 1.29 is 4.74 Å². The van der Waals surface area contributed by atoms with Crippen LogP contribution >= 0.6 is 0 Å². The lowest BCUT2D eigenvalue weighted by molar-refractivity contribution is 0.398. The molecule has 1 aromatic heterocycles. The van der Waals surface area contributed by atoms with Gasteiger partial charge in [-0.05, 0) is 0 Å². The molecule has 0 aliphatic carbocycles. The molecule has 0 amide bonds. The second-order valence-electron chi connectivity index (χ2n) is 2.26. The zero-order chi connectivity index (χ0) is 9.30. The fraction of sp³-hybridized carbons (Fsp3) is 0.333. The van der Waals surface area contributed by atoms with Gasteiger partial charge in [-0.25, -0.2) is 0 Å². The molecule has 0 bridgehead atoms. The number of methoxy groups -OCH3 is 1. The Morgan fingerprint density at radius 2 is 2.08 bits per heavy atom. The molecule has 0 saturated heterocycles. The first-order valence-corrected chi connectivity index (χ1v) is 3.24. The minimum atomic E-state index is -0.403. The average molecular weight is 170 g/mol. The molecule has 0 saturated carbocycles. The molecule has 0 spiro atoms. The molecule has 4 N–H and O–H groups in total. The van der Waals surface area contributed by atoms with Gasteiger partial charge in [-0.2, -0.15) is 4.98 Å². The Hall–Kier alpha value is -1.72. The summed E-state index contributed by atoms with van der Waals surface area (Å²) in [6.45, 7) is 0. The van der Waals surface area contributed by atoms with Gasteiger partial charge < -0.3 is 16.2 Å². The highest BCUT2D eigenvalue weighted by Crippen LogP contribution is 2.12. The number of aromatic nitrogens is 2. The van der Waals surface area contributed by atoms with Gasteiger partial charge in [0, 0.05) is 7.05 Å². The van der Waals surface area contributed by atoms with Crippen molar-refractivity contribution in [2.75, 3.05) is 18.6 Å². The highest BCUT2D eigenvalue weighted by Gasteiger charge is 2.09. The van der Waals surface area contributed by atoms with Crippen LogP contribution in [0.3, 0.4) is 0 Å². The highest BCUT2D eigenvalue weighted by atomic mass is 16.5. The van der Waals surface area contributed by atoms with Gasteiger partial charge in [0.25, 0.3) is 5.56 Å². The number of nitrogen functional groups attached to an aromatic ring is 2. The molecule has 0 radical (unpaired) electrons. The first kappa shape index (κ1) is 8.38. The number of anilines is 2. The van der Waals surface area contributed by atoms with Crippen LogP contribution < -0.4 is 21.8 Å². The van der Waals surface area contributed by atoms with Gasteiger partial charge in [-0.3, -0.25) is 9.36 Å². The van der Waals surface area contributed by atoms with Gasteiger partial charge in [0.05, 0.1) is 7.11 Å². The van der Waals surface area contributed by atoms with Crippen LogP contribution in [0.5, 0.6) is 5.88 Å². The Morgan fingerprint density at radius 1 is 1.50 bits per heavy atom. The maximum Gasteiger partial charge on any atom is 0.281 e. The zero-order valence-corrected chi connectivity index (χ0v) is 6.87. The Kier molecular flexibility index (Phi) is 1.90. The van der Waals surface area contributed by atoms with E-state index in [2.05, 4.69) is 4.98 Å². The summed E-state index contributed by atoms with van der Waals surface area (Å²) in [5.41, 5.74) is 10.3. The molecule has 0 unspecified atom stereocenters. The maximum atomic E-state index is 11.2. The number of ether oxygens (including phenoxy) is 1. The first-order valence-electron chi connectivity index (χ1n) is 3.24. The van der Waals surface area contributed by atoms with E-state index < -0.39 is 5.56 Å². The Labute approximate surface area is 68.8 Å². The summed E-state index contributed by atoms with van der Waals surface area (Å²) in [5.74, 6) is 0.140. The standard InChI is InChI=1S/C6H10N4O2/c1-10-5(11)3(7)4(12-2)9-6(10)8/h7H2,1-2H3,(H2,8,9). The van der Waals surface area contributed by atoms with E-state index >= 15 is 0 Å². The first-order chi connectivity index (χ1) is 5.57. The van der Waals surface area contributed by atoms with Crippen LogP contribution in [0.1, 0.15) is 0 Å². The van der Waals surface area contributed by atoms with E-state index in [0.29, 0.717) is 0 Å². The summed E-state index contributed by atoms with van der Waals surface area (Å²) in [6.07, 6.45) is 0. The average Bonchev–Trinajstić information content (AvgIpc) is 2.08. The van der Waals surface area contributed by atoms with Crippen molar-refractivity contribution in [1.82, 2.24) is 9.55 Å². The molecular weight excluding hydrogens is 160 g/mol.